The number of benzene rings is 3. The molecular formula is C25H24N2O6S. The lowest BCUT2D eigenvalue weighted by molar-refractivity contribution is -0.111. The Kier molecular flexibility index (Phi) is 6.74. The number of ether oxygens (including phenoxy) is 3. The van der Waals surface area contributed by atoms with Gasteiger partial charge >= 0.3 is 0 Å². The van der Waals surface area contributed by atoms with Gasteiger partial charge < -0.3 is 19.5 Å². The van der Waals surface area contributed by atoms with E-state index in [1.807, 2.05) is 6.07 Å². The van der Waals surface area contributed by atoms with Crippen LogP contribution in [0.25, 0.3) is 6.08 Å². The lowest BCUT2D eigenvalue weighted by atomic mass is 10.2. The molecule has 1 amide bonds. The van der Waals surface area contributed by atoms with Crippen LogP contribution in [0.2, 0.25) is 0 Å². The molecule has 1 aliphatic heterocycles. The summed E-state index contributed by atoms with van der Waals surface area (Å²) in [5.41, 5.74) is 1.55. The highest BCUT2D eigenvalue weighted by Crippen LogP contribution is 2.33. The Morgan fingerprint density at radius 2 is 1.82 bits per heavy atom. The minimum absolute atomic E-state index is 0.0362. The molecule has 4 rings (SSSR count). The first kappa shape index (κ1) is 23.2. The molecule has 0 spiro atoms. The van der Waals surface area contributed by atoms with Crippen LogP contribution in [0, 0.1) is 0 Å². The van der Waals surface area contributed by atoms with Gasteiger partial charge in [-0.1, -0.05) is 24.3 Å². The summed E-state index contributed by atoms with van der Waals surface area (Å²) >= 11 is 0. The molecule has 8 nitrogen and oxygen atoms in total. The van der Waals surface area contributed by atoms with E-state index in [0.29, 0.717) is 22.9 Å². The van der Waals surface area contributed by atoms with Crippen LogP contribution in [0.3, 0.4) is 0 Å². The third kappa shape index (κ3) is 4.84. The van der Waals surface area contributed by atoms with E-state index in [2.05, 4.69) is 5.32 Å². The van der Waals surface area contributed by atoms with Gasteiger partial charge in [0.15, 0.2) is 11.5 Å². The first-order valence-electron chi connectivity index (χ1n) is 10.6. The Hall–Kier alpha value is -3.98. The van der Waals surface area contributed by atoms with Gasteiger partial charge in [-0.05, 0) is 61.0 Å². The van der Waals surface area contributed by atoms with Crippen LogP contribution in [0.4, 0.5) is 11.4 Å². The summed E-state index contributed by atoms with van der Waals surface area (Å²) in [4.78, 5) is 12.6. The monoisotopic (exact) mass is 480 g/mol. The molecule has 3 aromatic carbocycles. The Balaban J connectivity index is 1.57. The van der Waals surface area contributed by atoms with E-state index in [4.69, 9.17) is 14.2 Å². The van der Waals surface area contributed by atoms with Crippen molar-refractivity contribution in [3.05, 3.63) is 78.4 Å². The van der Waals surface area contributed by atoms with Gasteiger partial charge in [-0.15, -0.1) is 0 Å². The number of amides is 1. The zero-order valence-electron chi connectivity index (χ0n) is 18.7. The maximum absolute atomic E-state index is 13.3. The van der Waals surface area contributed by atoms with E-state index < -0.39 is 15.9 Å². The summed E-state index contributed by atoms with van der Waals surface area (Å²) in [6, 6.07) is 18.5. The lowest BCUT2D eigenvalue weighted by Gasteiger charge is -2.23. The molecule has 0 radical (unpaired) electrons. The fourth-order valence-corrected chi connectivity index (χ4v) is 5.02. The van der Waals surface area contributed by atoms with Crippen molar-refractivity contribution >= 4 is 33.4 Å². The minimum Gasteiger partial charge on any atom is -0.495 e. The molecule has 0 aromatic heterocycles. The summed E-state index contributed by atoms with van der Waals surface area (Å²) in [7, 11) is -2.42. The first-order chi connectivity index (χ1) is 16.4. The third-order valence-electron chi connectivity index (χ3n) is 5.17. The third-order valence-corrected chi connectivity index (χ3v) is 7.07. The van der Waals surface area contributed by atoms with Crippen LogP contribution in [-0.2, 0) is 14.8 Å². The summed E-state index contributed by atoms with van der Waals surface area (Å²) in [5.74, 6) is 1.16. The number of hydrogen-bond donors (Lipinski definition) is 1. The molecular weight excluding hydrogens is 456 g/mol. The predicted molar refractivity (Wildman–Crippen MR) is 130 cm³/mol. The smallest absolute Gasteiger partial charge is 0.264 e. The van der Waals surface area contributed by atoms with Crippen molar-refractivity contribution < 1.29 is 27.4 Å². The number of carbonyl (C=O) groups is 1. The Labute approximate surface area is 198 Å². The van der Waals surface area contributed by atoms with Gasteiger partial charge in [0.1, 0.15) is 5.75 Å². The number of rotatable bonds is 8. The summed E-state index contributed by atoms with van der Waals surface area (Å²) in [6.07, 6.45) is 2.97. The van der Waals surface area contributed by atoms with E-state index in [1.54, 1.807) is 55.5 Å². The molecule has 0 unspecified atom stereocenters. The maximum Gasteiger partial charge on any atom is 0.264 e. The molecule has 1 aliphatic rings. The lowest BCUT2D eigenvalue weighted by Crippen LogP contribution is -2.30. The van der Waals surface area contributed by atoms with Crippen LogP contribution < -0.4 is 23.8 Å². The van der Waals surface area contributed by atoms with Gasteiger partial charge in [0.05, 0.1) is 23.4 Å². The van der Waals surface area contributed by atoms with E-state index in [-0.39, 0.29) is 23.9 Å². The number of anilines is 2. The van der Waals surface area contributed by atoms with Crippen LogP contribution in [0.5, 0.6) is 17.2 Å². The van der Waals surface area contributed by atoms with Crippen molar-refractivity contribution in [2.24, 2.45) is 0 Å². The fourth-order valence-electron chi connectivity index (χ4n) is 3.52. The van der Waals surface area contributed by atoms with Crippen molar-refractivity contribution in [1.82, 2.24) is 0 Å². The molecule has 0 saturated carbocycles. The maximum atomic E-state index is 13.3. The number of hydrogen-bond acceptors (Lipinski definition) is 6. The normalized spacial score (nSPS) is 12.5. The molecule has 0 bridgehead atoms. The average molecular weight is 481 g/mol. The topological polar surface area (TPSA) is 94.2 Å². The van der Waals surface area contributed by atoms with Crippen molar-refractivity contribution in [1.29, 1.82) is 0 Å². The standard InChI is InChI=1S/C25H24N2O6S/c1-3-27(19-7-5-4-6-8-19)34(29,30)20-11-13-22(31-2)21(16-20)26-25(28)14-10-18-9-12-23-24(15-18)33-17-32-23/h4-16H,3,17H2,1-2H3,(H,26,28). The highest BCUT2D eigenvalue weighted by Gasteiger charge is 2.25. The summed E-state index contributed by atoms with van der Waals surface area (Å²) in [5, 5.41) is 2.70. The van der Waals surface area contributed by atoms with E-state index in [1.165, 1.54) is 35.7 Å². The number of carbonyl (C=O) groups excluding carboxylic acids is 1. The van der Waals surface area contributed by atoms with Crippen LogP contribution in [0.15, 0.2) is 77.7 Å². The van der Waals surface area contributed by atoms with Crippen LogP contribution in [0.1, 0.15) is 12.5 Å². The largest absolute Gasteiger partial charge is 0.495 e. The average Bonchev–Trinajstić information content (AvgIpc) is 3.31. The molecule has 34 heavy (non-hydrogen) atoms. The SMILES string of the molecule is CCN(c1ccccc1)S(=O)(=O)c1ccc(OC)c(NC(=O)C=Cc2ccc3c(c2)OCO3)c1. The second-order valence-corrected chi connectivity index (χ2v) is 9.17. The number of para-hydroxylation sites is 1. The zero-order valence-corrected chi connectivity index (χ0v) is 19.5. The fraction of sp³-hybridized carbons (Fsp3) is 0.160. The molecule has 1 heterocycles. The van der Waals surface area contributed by atoms with Crippen molar-refractivity contribution in [2.45, 2.75) is 11.8 Å². The van der Waals surface area contributed by atoms with Gasteiger partial charge in [-0.25, -0.2) is 8.42 Å². The molecule has 0 atom stereocenters. The zero-order chi connectivity index (χ0) is 24.1. The highest BCUT2D eigenvalue weighted by molar-refractivity contribution is 7.92. The van der Waals surface area contributed by atoms with E-state index in [9.17, 15) is 13.2 Å². The Morgan fingerprint density at radius 1 is 1.06 bits per heavy atom. The van der Waals surface area contributed by atoms with Crippen molar-refractivity contribution in [2.75, 3.05) is 30.1 Å². The van der Waals surface area contributed by atoms with Gasteiger partial charge in [-0.2, -0.15) is 0 Å². The van der Waals surface area contributed by atoms with Crippen molar-refractivity contribution in [3.63, 3.8) is 0 Å². The summed E-state index contributed by atoms with van der Waals surface area (Å²) in [6.45, 7) is 2.18. The van der Waals surface area contributed by atoms with Crippen LogP contribution in [-0.4, -0.2) is 34.8 Å². The van der Waals surface area contributed by atoms with Crippen molar-refractivity contribution in [3.8, 4) is 17.2 Å². The number of nitrogens with one attached hydrogen (secondary N) is 1. The second kappa shape index (κ2) is 9.88. The van der Waals surface area contributed by atoms with E-state index >= 15 is 0 Å². The molecule has 0 aliphatic carbocycles. The molecule has 0 saturated heterocycles. The van der Waals surface area contributed by atoms with Gasteiger partial charge in [-0.3, -0.25) is 9.10 Å². The Bertz CT molecular complexity index is 1320. The highest BCUT2D eigenvalue weighted by atomic mass is 32.2. The minimum atomic E-state index is -3.87. The molecule has 1 N–H and O–H groups in total. The first-order valence-corrected chi connectivity index (χ1v) is 12.0. The molecule has 3 aromatic rings. The van der Waals surface area contributed by atoms with Gasteiger partial charge in [0.25, 0.3) is 10.0 Å². The molecule has 0 fully saturated rings. The quantitative estimate of drug-likeness (QED) is 0.484. The molecule has 176 valence electrons. The number of sulfonamides is 1. The number of nitrogens with zero attached hydrogens (tertiary/aromatic N) is 1. The van der Waals surface area contributed by atoms with Crippen LogP contribution >= 0.6 is 0 Å². The second-order valence-electron chi connectivity index (χ2n) is 7.30. The van der Waals surface area contributed by atoms with Gasteiger partial charge in [0, 0.05) is 12.6 Å². The predicted octanol–water partition coefficient (Wildman–Crippen LogP) is 4.29. The Morgan fingerprint density at radius 3 is 2.56 bits per heavy atom. The van der Waals surface area contributed by atoms with E-state index in [0.717, 1.165) is 5.56 Å². The summed E-state index contributed by atoms with van der Waals surface area (Å²) < 4.78 is 43.9. The molecule has 9 heteroatoms. The number of fused-ring (bicyclic) bond motifs is 1. The number of methoxy groups -OCH3 is 1. The van der Waals surface area contributed by atoms with Gasteiger partial charge in [0.2, 0.25) is 12.7 Å².